The standard InChI is InChI=1S/C22H20Br2N4O4.C22H12Br2N4O2.C14H8IN2.C10H10O4.C8H10N4O2.C7H4BrClO.C7H5N.Cl2O2S.2HI/c23-17-5-1-15(2-6-17)21(29)27-25-13-31-19-9-3-16(4-10-19)22(30)28-26-14-32-20-11-7-18(24)8-12-20;23-17-9-5-15(6-10-17)21-27-25-19(29-21)13-1-2-14(4-3-13)20-26-28-22(30-20)16-7-11-18(24)12-8-16;1(13-3-9-16-10-4-13)7-15-8-2-14-5-11-17-12-6-14;1-13-10(12)9-4-2-8(3-5-9)6-14-7-11;9-11-8(14)6-1-3-7(4-2-6)12-10-5-13;8-6-3-1-5(2-4-6)7(9)10;1-2-7-3-5-8-6-4-7;1-5(2,3)4;;/h1-12,25-26H,13-14H2,(H,27,29)(H,28,30);1-12H;3-6,9-12H;2-5,7H,6H2,1H3;1-5,12H,9H2,(H,10,13)(H,11,14);1-4H;1,3-6H;;2*1H/q;;-1;;;;;;;. The number of nitrogen functional groups attached to an aromatic ring is 1. The Morgan fingerprint density at radius 1 is 0.462 bits per heavy atom. The molecular formula is C90H71Br5Cl3I3N15O15S-. The van der Waals surface area contributed by atoms with E-state index in [-0.39, 0.29) is 113 Å². The summed E-state index contributed by atoms with van der Waals surface area (Å²) in [4.78, 5) is 88.2. The first-order valence-corrected chi connectivity index (χ1v) is 46.4. The van der Waals surface area contributed by atoms with Gasteiger partial charge in [-0.05, 0) is 236 Å². The summed E-state index contributed by atoms with van der Waals surface area (Å²) in [5.74, 6) is 15.3. The van der Waals surface area contributed by atoms with Crippen molar-refractivity contribution in [1.82, 2.24) is 67.9 Å². The number of nitrogens with one attached hydrogen (secondary N) is 7. The van der Waals surface area contributed by atoms with Crippen LogP contribution in [0.3, 0.4) is 0 Å². The third-order valence-electron chi connectivity index (χ3n) is 15.5. The Balaban J connectivity index is 0.000000282. The van der Waals surface area contributed by atoms with Gasteiger partial charge in [0.1, 0.15) is 18.1 Å². The van der Waals surface area contributed by atoms with Crippen LogP contribution < -0.4 is 74.5 Å². The van der Waals surface area contributed by atoms with Crippen LogP contribution in [0.4, 0.5) is 5.69 Å². The minimum Gasteiger partial charge on any atom is -0.477 e. The van der Waals surface area contributed by atoms with Crippen LogP contribution in [0, 0.1) is 32.0 Å². The van der Waals surface area contributed by atoms with E-state index in [0.29, 0.717) is 81.4 Å². The molecule has 0 saturated heterocycles. The van der Waals surface area contributed by atoms with E-state index in [1.807, 2.05) is 127 Å². The van der Waals surface area contributed by atoms with Gasteiger partial charge in [0.05, 0.1) is 18.4 Å². The average molecular weight is 2520 g/mol. The first kappa shape index (κ1) is 111. The Kier molecular flexibility index (Phi) is 52.9. The van der Waals surface area contributed by atoms with Crippen LogP contribution in [-0.4, -0.2) is 106 Å². The number of halogens is 11. The number of hydrogen-bond donors (Lipinski definition) is 8. The summed E-state index contributed by atoms with van der Waals surface area (Å²) in [6, 6.07) is 75.0. The number of methoxy groups -OCH3 is 1. The average Bonchev–Trinajstić information content (AvgIpc) is 1.67. The number of ether oxygens (including phenoxy) is 4. The molecule has 0 spiro atoms. The minimum atomic E-state index is -3.72. The first-order chi connectivity index (χ1) is 62.8. The van der Waals surface area contributed by atoms with Crippen molar-refractivity contribution in [2.24, 2.45) is 5.84 Å². The zero-order chi connectivity index (χ0) is 93.7. The summed E-state index contributed by atoms with van der Waals surface area (Å²) in [6.45, 7) is 0.772. The molecule has 680 valence electrons. The van der Waals surface area contributed by atoms with Gasteiger partial charge in [-0.15, -0.1) is 74.8 Å². The first-order valence-electron chi connectivity index (χ1n) is 36.7. The predicted octanol–water partition coefficient (Wildman–Crippen LogP) is 15.6. The third kappa shape index (κ3) is 44.2. The topological polar surface area (TPSA) is 417 Å². The smallest absolute Gasteiger partial charge is 0.337 e. The van der Waals surface area contributed by atoms with Crippen molar-refractivity contribution in [3.05, 3.63) is 364 Å². The second kappa shape index (κ2) is 62.8. The van der Waals surface area contributed by atoms with Gasteiger partial charge in [0, 0.05) is 106 Å². The van der Waals surface area contributed by atoms with Crippen molar-refractivity contribution in [3.63, 3.8) is 0 Å². The van der Waals surface area contributed by atoms with Gasteiger partial charge in [0.2, 0.25) is 30.0 Å². The van der Waals surface area contributed by atoms with E-state index in [9.17, 15) is 33.6 Å². The number of hydrogen-bond acceptors (Lipinski definition) is 26. The zero-order valence-corrected chi connectivity index (χ0v) is 85.9. The zero-order valence-electron chi connectivity index (χ0n) is 68.0. The Morgan fingerprint density at radius 3 is 1.12 bits per heavy atom. The van der Waals surface area contributed by atoms with Gasteiger partial charge in [0.25, 0.3) is 29.4 Å². The fraction of sp³-hybridized carbons (Fsp3) is 0.0444. The van der Waals surface area contributed by atoms with Crippen LogP contribution in [0.1, 0.15) is 74.0 Å². The van der Waals surface area contributed by atoms with Crippen LogP contribution in [0.15, 0.2) is 323 Å². The summed E-state index contributed by atoms with van der Waals surface area (Å²) in [6.07, 6.45) is 15.9. The summed E-state index contributed by atoms with van der Waals surface area (Å²) in [5.41, 5.74) is 27.5. The van der Waals surface area contributed by atoms with Crippen LogP contribution in [0.2, 0.25) is 0 Å². The number of carbonyl (C=O) groups is 7. The fourth-order valence-corrected chi connectivity index (χ4v) is 11.7. The molecule has 0 saturated carbocycles. The summed E-state index contributed by atoms with van der Waals surface area (Å²) in [5, 5.41) is 16.2. The molecule has 132 heavy (non-hydrogen) atoms. The Labute approximate surface area is 858 Å². The maximum absolute atomic E-state index is 12.2. The number of esters is 1. The number of amides is 4. The van der Waals surface area contributed by atoms with Crippen molar-refractivity contribution in [1.29, 1.82) is 0 Å². The number of carbonyl (C=O) groups excluding carboxylic acids is 7. The number of benzene rings is 9. The van der Waals surface area contributed by atoms with Crippen molar-refractivity contribution in [2.45, 2.75) is 6.61 Å². The molecule has 5 aromatic heterocycles. The fourth-order valence-electron chi connectivity index (χ4n) is 9.27. The van der Waals surface area contributed by atoms with Gasteiger partial charge in [-0.3, -0.25) is 60.9 Å². The number of hydrazine groups is 4. The Morgan fingerprint density at radius 2 is 0.780 bits per heavy atom. The molecule has 0 unspecified atom stereocenters. The van der Waals surface area contributed by atoms with E-state index in [1.54, 1.807) is 171 Å². The number of aromatic nitrogens is 7. The summed E-state index contributed by atoms with van der Waals surface area (Å²) in [7, 11) is 6.14. The Hall–Kier alpha value is -11.4. The molecular weight excluding hydrogens is 2450 g/mol. The molecule has 0 bridgehead atoms. The van der Waals surface area contributed by atoms with E-state index in [2.05, 4.69) is 204 Å². The number of pyridine rings is 3. The largest absolute Gasteiger partial charge is 0.477 e. The number of terminal acetylenes is 1. The summed E-state index contributed by atoms with van der Waals surface area (Å²) >= 11 is 21.6. The summed E-state index contributed by atoms with van der Waals surface area (Å²) < 4.78 is 61.0. The van der Waals surface area contributed by atoms with E-state index < -0.39 is 13.5 Å². The number of nitrogens with two attached hydrogens (primary N) is 1. The molecule has 9 aromatic carbocycles. The molecule has 9 N–H and O–H groups in total. The molecule has 0 aliphatic rings. The molecule has 0 aliphatic heterocycles. The van der Waals surface area contributed by atoms with Gasteiger partial charge >= 0.3 is 125 Å². The molecule has 0 radical (unpaired) electrons. The molecule has 0 atom stereocenters. The van der Waals surface area contributed by atoms with E-state index in [0.717, 1.165) is 66.9 Å². The minimum absolute atomic E-state index is 0. The van der Waals surface area contributed by atoms with Gasteiger partial charge in [-0.25, -0.2) is 10.6 Å². The van der Waals surface area contributed by atoms with Gasteiger partial charge < -0.3 is 27.8 Å². The van der Waals surface area contributed by atoms with Crippen molar-refractivity contribution in [2.75, 3.05) is 26.0 Å². The SMILES string of the molecule is Brc1ccc(-c2nnc(-c3ccc(-c4nnc(-c5ccc(Br)cc5)o4)cc3)o2)cc1.C#Cc1ccncc1.C(#Cc1ccncc1)[I-]C#Cc1ccncc1.COC(=O)c1ccc(COC=O)cc1.I.I.NNC(=O)c1ccc(NNC=O)cc1.O=C(Cl)c1ccc(Br)cc1.O=C(NNCOc1ccc(C(=O)NNCOc2ccc(Br)cc2)cc1)c1ccc(Br)cc1.O=S(=O)(Cl)Cl. The van der Waals surface area contributed by atoms with E-state index >= 15 is 0 Å². The van der Waals surface area contributed by atoms with Crippen molar-refractivity contribution >= 4 is 216 Å². The van der Waals surface area contributed by atoms with Crippen LogP contribution in [0.25, 0.3) is 45.8 Å². The normalized spacial score (nSPS) is 9.67. The second-order valence-electron chi connectivity index (χ2n) is 24.3. The number of nitrogens with zero attached hydrogens (tertiary/aromatic N) is 7. The van der Waals surface area contributed by atoms with Crippen molar-refractivity contribution < 1.29 is 91.0 Å². The molecule has 14 aromatic rings. The third-order valence-corrected chi connectivity index (χ3v) is 19.4. The number of rotatable bonds is 23. The molecule has 0 aliphatic carbocycles. The van der Waals surface area contributed by atoms with E-state index in [1.165, 1.54) is 7.11 Å². The van der Waals surface area contributed by atoms with Crippen LogP contribution in [0.5, 0.6) is 11.5 Å². The van der Waals surface area contributed by atoms with Crippen LogP contribution >= 0.6 is 161 Å². The molecule has 42 heteroatoms. The molecule has 30 nitrogen and oxygen atoms in total. The van der Waals surface area contributed by atoms with Crippen LogP contribution in [-0.2, 0) is 33.9 Å². The van der Waals surface area contributed by atoms with E-state index in [4.69, 9.17) is 50.6 Å². The second-order valence-corrected chi connectivity index (χ2v) is 34.5. The Bertz CT molecular complexity index is 5990. The number of anilines is 1. The monoisotopic (exact) mass is 2510 g/mol. The predicted molar refractivity (Wildman–Crippen MR) is 536 cm³/mol. The molecule has 5 heterocycles. The van der Waals surface area contributed by atoms with Gasteiger partial charge in [-0.1, -0.05) is 97.7 Å². The molecule has 0 fully saturated rings. The van der Waals surface area contributed by atoms with Gasteiger partial charge in [-0.2, -0.15) is 19.3 Å². The van der Waals surface area contributed by atoms with Gasteiger partial charge in [0.15, 0.2) is 13.5 Å². The maximum atomic E-state index is 12.2. The molecule has 4 amide bonds. The maximum Gasteiger partial charge on any atom is 0.337 e. The van der Waals surface area contributed by atoms with Crippen molar-refractivity contribution in [3.8, 4) is 89.4 Å². The molecule has 14 rings (SSSR count). The quantitative estimate of drug-likeness (QED) is 0.00282.